The fraction of sp³-hybridized carbons (Fsp3) is 0.303. The summed E-state index contributed by atoms with van der Waals surface area (Å²) in [5.41, 5.74) is 9.33. The van der Waals surface area contributed by atoms with E-state index in [1.165, 1.54) is 10.2 Å². The Labute approximate surface area is 250 Å². The van der Waals surface area contributed by atoms with Crippen molar-refractivity contribution in [2.24, 2.45) is 7.05 Å². The fourth-order valence-corrected chi connectivity index (χ4v) is 6.01. The Bertz CT molecular complexity index is 1770. The monoisotopic (exact) mass is 576 g/mol. The number of aromatic amines is 1. The van der Waals surface area contributed by atoms with Gasteiger partial charge in [0.05, 0.1) is 11.9 Å². The van der Waals surface area contributed by atoms with Gasteiger partial charge < -0.3 is 10.6 Å². The molecular weight excluding hydrogens is 540 g/mol. The van der Waals surface area contributed by atoms with Crippen LogP contribution < -0.4 is 10.6 Å². The van der Waals surface area contributed by atoms with Crippen molar-refractivity contribution < 1.29 is 9.59 Å². The van der Waals surface area contributed by atoms with Gasteiger partial charge in [0, 0.05) is 53.9 Å². The van der Waals surface area contributed by atoms with Crippen molar-refractivity contribution in [1.82, 2.24) is 35.1 Å². The summed E-state index contributed by atoms with van der Waals surface area (Å²) >= 11 is 0. The van der Waals surface area contributed by atoms with Crippen LogP contribution in [0.5, 0.6) is 0 Å². The molecule has 0 spiro atoms. The topological polar surface area (TPSA) is 123 Å². The lowest BCUT2D eigenvalue weighted by atomic mass is 9.90. The number of anilines is 1. The fourth-order valence-electron chi connectivity index (χ4n) is 6.01. The maximum atomic E-state index is 14.0. The minimum absolute atomic E-state index is 0.206. The van der Waals surface area contributed by atoms with Crippen molar-refractivity contribution in [2.75, 3.05) is 5.32 Å². The van der Waals surface area contributed by atoms with E-state index >= 15 is 0 Å². The van der Waals surface area contributed by atoms with Crippen LogP contribution in [0.15, 0.2) is 67.1 Å². The predicted molar refractivity (Wildman–Crippen MR) is 166 cm³/mol. The molecule has 2 amide bonds. The average molecular weight is 577 g/mol. The van der Waals surface area contributed by atoms with Gasteiger partial charge in [0.25, 0.3) is 5.91 Å². The highest BCUT2D eigenvalue weighted by molar-refractivity contribution is 6.01. The Kier molecular flexibility index (Phi) is 7.43. The van der Waals surface area contributed by atoms with Crippen molar-refractivity contribution >= 4 is 17.5 Å². The molecule has 3 aromatic heterocycles. The number of benzene rings is 2. The maximum absolute atomic E-state index is 14.0. The molecule has 10 nitrogen and oxygen atoms in total. The molecule has 0 saturated heterocycles. The molecule has 0 radical (unpaired) electrons. The van der Waals surface area contributed by atoms with E-state index in [9.17, 15) is 9.59 Å². The molecule has 10 heteroatoms. The summed E-state index contributed by atoms with van der Waals surface area (Å²) in [6.07, 6.45) is 7.06. The molecule has 43 heavy (non-hydrogen) atoms. The molecule has 5 aromatic rings. The van der Waals surface area contributed by atoms with Crippen molar-refractivity contribution in [3.05, 3.63) is 95.3 Å². The third-order valence-electron chi connectivity index (χ3n) is 8.33. The highest BCUT2D eigenvalue weighted by atomic mass is 16.2. The number of carbonyl (C=O) groups excluding carboxylic acids is 2. The highest BCUT2D eigenvalue weighted by Gasteiger charge is 2.36. The zero-order valence-corrected chi connectivity index (χ0v) is 25.0. The number of amides is 2. The molecule has 1 aliphatic carbocycles. The van der Waals surface area contributed by atoms with E-state index in [-0.39, 0.29) is 23.8 Å². The lowest BCUT2D eigenvalue weighted by molar-refractivity contribution is -0.118. The number of nitrogens with zero attached hydrogens (tertiary/aromatic N) is 5. The van der Waals surface area contributed by atoms with Crippen LogP contribution in [0, 0.1) is 13.8 Å². The molecule has 3 heterocycles. The summed E-state index contributed by atoms with van der Waals surface area (Å²) in [6, 6.07) is 15.2. The molecule has 3 N–H and O–H groups in total. The Morgan fingerprint density at radius 3 is 2.42 bits per heavy atom. The summed E-state index contributed by atoms with van der Waals surface area (Å²) in [4.78, 5) is 27.4. The van der Waals surface area contributed by atoms with Crippen molar-refractivity contribution in [1.29, 1.82) is 0 Å². The van der Waals surface area contributed by atoms with E-state index in [4.69, 9.17) is 0 Å². The summed E-state index contributed by atoms with van der Waals surface area (Å²) in [5, 5.41) is 22.1. The third kappa shape index (κ3) is 5.48. The SMILES string of the molecule is Cc1n[nH]c(C)c1-c1ccc(NC(=O)[C@@H](NC(=O)c2ccnn2C)[C@@H]2CCc3ccc(-c4cnn(C(C)C)c4)cc32)cc1. The zero-order valence-electron chi connectivity index (χ0n) is 25.0. The molecule has 0 bridgehead atoms. The van der Waals surface area contributed by atoms with Crippen LogP contribution in [0.25, 0.3) is 22.3 Å². The molecule has 2 aromatic carbocycles. The van der Waals surface area contributed by atoms with Crippen LogP contribution >= 0.6 is 0 Å². The number of H-pyrrole nitrogens is 1. The Morgan fingerprint density at radius 1 is 1.00 bits per heavy atom. The molecule has 6 rings (SSSR count). The van der Waals surface area contributed by atoms with Crippen LogP contribution in [-0.4, -0.2) is 47.6 Å². The number of rotatable bonds is 8. The van der Waals surface area contributed by atoms with Gasteiger partial charge in [-0.25, -0.2) is 0 Å². The van der Waals surface area contributed by atoms with Crippen LogP contribution in [0.3, 0.4) is 0 Å². The Hall–Kier alpha value is -4.99. The van der Waals surface area contributed by atoms with E-state index in [0.717, 1.165) is 52.0 Å². The van der Waals surface area contributed by atoms with E-state index in [0.29, 0.717) is 11.4 Å². The molecule has 0 aliphatic heterocycles. The number of nitrogens with one attached hydrogen (secondary N) is 3. The number of fused-ring (bicyclic) bond motifs is 1. The zero-order chi connectivity index (χ0) is 30.2. The first-order chi connectivity index (χ1) is 20.7. The summed E-state index contributed by atoms with van der Waals surface area (Å²) in [7, 11) is 1.71. The lowest BCUT2D eigenvalue weighted by Crippen LogP contribution is -2.47. The molecule has 0 saturated carbocycles. The molecule has 220 valence electrons. The third-order valence-corrected chi connectivity index (χ3v) is 8.33. The second-order valence-electron chi connectivity index (χ2n) is 11.5. The van der Waals surface area contributed by atoms with Gasteiger partial charge in [0.2, 0.25) is 5.91 Å². The molecule has 2 atom stereocenters. The van der Waals surface area contributed by atoms with E-state index in [1.54, 1.807) is 19.3 Å². The van der Waals surface area contributed by atoms with E-state index < -0.39 is 6.04 Å². The minimum atomic E-state index is -0.796. The van der Waals surface area contributed by atoms with Crippen LogP contribution in [-0.2, 0) is 18.3 Å². The van der Waals surface area contributed by atoms with Crippen LogP contribution in [0.1, 0.15) is 65.2 Å². The molecule has 0 unspecified atom stereocenters. The molecular formula is C33H36N8O2. The van der Waals surface area contributed by atoms with Gasteiger partial charge in [-0.05, 0) is 81.0 Å². The average Bonchev–Trinajstić information content (AvgIpc) is 3.79. The quantitative estimate of drug-likeness (QED) is 0.230. The van der Waals surface area contributed by atoms with Gasteiger partial charge >= 0.3 is 0 Å². The number of hydrogen-bond donors (Lipinski definition) is 3. The Balaban J connectivity index is 1.30. The highest BCUT2D eigenvalue weighted by Crippen LogP contribution is 2.39. The van der Waals surface area contributed by atoms with Crippen LogP contribution in [0.4, 0.5) is 5.69 Å². The number of aromatic nitrogens is 6. The second kappa shape index (κ2) is 11.4. The van der Waals surface area contributed by atoms with Crippen molar-refractivity contribution in [3.63, 3.8) is 0 Å². The minimum Gasteiger partial charge on any atom is -0.338 e. The van der Waals surface area contributed by atoms with E-state index in [2.05, 4.69) is 63.1 Å². The first-order valence-corrected chi connectivity index (χ1v) is 14.6. The van der Waals surface area contributed by atoms with Crippen molar-refractivity contribution in [2.45, 2.75) is 58.5 Å². The first-order valence-electron chi connectivity index (χ1n) is 14.6. The summed E-state index contributed by atoms with van der Waals surface area (Å²) in [6.45, 7) is 8.14. The smallest absolute Gasteiger partial charge is 0.270 e. The van der Waals surface area contributed by atoms with Gasteiger partial charge in [-0.3, -0.25) is 24.1 Å². The second-order valence-corrected chi connectivity index (χ2v) is 11.5. The van der Waals surface area contributed by atoms with Gasteiger partial charge in [0.15, 0.2) is 0 Å². The summed E-state index contributed by atoms with van der Waals surface area (Å²) < 4.78 is 3.45. The summed E-state index contributed by atoms with van der Waals surface area (Å²) in [5.74, 6) is -0.818. The number of hydrogen-bond acceptors (Lipinski definition) is 5. The van der Waals surface area contributed by atoms with Gasteiger partial charge in [0.1, 0.15) is 11.7 Å². The first kappa shape index (κ1) is 28.1. The number of aryl methyl sites for hydroxylation is 4. The largest absolute Gasteiger partial charge is 0.338 e. The predicted octanol–water partition coefficient (Wildman–Crippen LogP) is 5.34. The van der Waals surface area contributed by atoms with Gasteiger partial charge in [-0.2, -0.15) is 15.3 Å². The van der Waals surface area contributed by atoms with Gasteiger partial charge in [-0.1, -0.05) is 30.3 Å². The standard InChI is InChI=1S/C33H36N8O2/c1-19(2)41-18-25(17-35-41)24-7-6-22-10-13-27(28(22)16-24)31(37-32(42)29-14-15-34-40(29)5)33(43)36-26-11-8-23(9-12-26)30-20(3)38-39-21(30)4/h6-9,11-12,14-19,27,31H,10,13H2,1-5H3,(H,36,43)(H,37,42)(H,38,39)/t27-,31+/m1/s1. The lowest BCUT2D eigenvalue weighted by Gasteiger charge is -2.25. The van der Waals surface area contributed by atoms with Crippen LogP contribution in [0.2, 0.25) is 0 Å². The normalized spacial score (nSPS) is 15.0. The maximum Gasteiger partial charge on any atom is 0.270 e. The van der Waals surface area contributed by atoms with Crippen molar-refractivity contribution in [3.8, 4) is 22.3 Å². The Morgan fingerprint density at radius 2 is 1.77 bits per heavy atom. The molecule has 1 aliphatic rings. The van der Waals surface area contributed by atoms with Gasteiger partial charge in [-0.15, -0.1) is 0 Å². The number of carbonyl (C=O) groups is 2. The molecule has 0 fully saturated rings. The van der Waals surface area contributed by atoms with E-state index in [1.807, 2.05) is 55.2 Å².